The maximum atomic E-state index is 5.98. The Kier molecular flexibility index (Phi) is 3.68. The standard InChI is InChI=1S/C13H12BrClN4/c14-8-2-1-3-9(6-8)17-12-10-4-5-16-7-11(10)18-13(15)19-12/h1-3,6,16H,4-5,7H2,(H,17,18,19). The first kappa shape index (κ1) is 12.8. The minimum atomic E-state index is 0.278. The highest BCUT2D eigenvalue weighted by Gasteiger charge is 2.17. The molecule has 1 aliphatic heterocycles. The van der Waals surface area contributed by atoms with Crippen molar-refractivity contribution < 1.29 is 0 Å². The number of nitrogens with zero attached hydrogens (tertiary/aromatic N) is 2. The number of fused-ring (bicyclic) bond motifs is 1. The summed E-state index contributed by atoms with van der Waals surface area (Å²) in [5.41, 5.74) is 3.09. The molecule has 6 heteroatoms. The Morgan fingerprint density at radius 1 is 1.32 bits per heavy atom. The highest BCUT2D eigenvalue weighted by Crippen LogP contribution is 2.26. The molecule has 0 atom stereocenters. The van der Waals surface area contributed by atoms with E-state index in [-0.39, 0.29) is 5.28 Å². The van der Waals surface area contributed by atoms with Gasteiger partial charge < -0.3 is 10.6 Å². The quantitative estimate of drug-likeness (QED) is 0.825. The van der Waals surface area contributed by atoms with Crippen molar-refractivity contribution >= 4 is 39.0 Å². The van der Waals surface area contributed by atoms with E-state index in [4.69, 9.17) is 11.6 Å². The summed E-state index contributed by atoms with van der Waals surface area (Å²) in [6.45, 7) is 1.68. The smallest absolute Gasteiger partial charge is 0.224 e. The van der Waals surface area contributed by atoms with Crippen LogP contribution in [0.4, 0.5) is 11.5 Å². The maximum absolute atomic E-state index is 5.98. The van der Waals surface area contributed by atoms with Crippen LogP contribution in [0.2, 0.25) is 5.28 Å². The maximum Gasteiger partial charge on any atom is 0.224 e. The molecular formula is C13H12BrClN4. The summed E-state index contributed by atoms with van der Waals surface area (Å²) in [5.74, 6) is 0.801. The van der Waals surface area contributed by atoms with E-state index in [2.05, 4.69) is 36.5 Å². The Hall–Kier alpha value is -1.17. The number of anilines is 2. The molecule has 0 radical (unpaired) electrons. The number of hydrogen-bond acceptors (Lipinski definition) is 4. The fourth-order valence-electron chi connectivity index (χ4n) is 2.14. The lowest BCUT2D eigenvalue weighted by molar-refractivity contribution is 0.625. The lowest BCUT2D eigenvalue weighted by Gasteiger charge is -2.19. The van der Waals surface area contributed by atoms with Crippen LogP contribution in [0, 0.1) is 0 Å². The molecule has 1 aromatic carbocycles. The zero-order valence-corrected chi connectivity index (χ0v) is 12.4. The molecule has 0 bridgehead atoms. The number of benzene rings is 1. The summed E-state index contributed by atoms with van der Waals surface area (Å²) >= 11 is 9.44. The predicted octanol–water partition coefficient (Wildman–Crippen LogP) is 3.28. The summed E-state index contributed by atoms with van der Waals surface area (Å²) < 4.78 is 1.02. The van der Waals surface area contributed by atoms with Gasteiger partial charge >= 0.3 is 0 Å². The predicted molar refractivity (Wildman–Crippen MR) is 79.9 cm³/mol. The lowest BCUT2D eigenvalue weighted by Crippen LogP contribution is -2.26. The lowest BCUT2D eigenvalue weighted by atomic mass is 10.1. The molecular weight excluding hydrogens is 328 g/mol. The first-order chi connectivity index (χ1) is 9.22. The summed E-state index contributed by atoms with van der Waals surface area (Å²) in [6, 6.07) is 7.96. The monoisotopic (exact) mass is 338 g/mol. The van der Waals surface area contributed by atoms with Gasteiger partial charge in [0.1, 0.15) is 5.82 Å². The van der Waals surface area contributed by atoms with Crippen LogP contribution in [0.3, 0.4) is 0 Å². The highest BCUT2D eigenvalue weighted by molar-refractivity contribution is 9.10. The molecule has 98 valence electrons. The first-order valence-corrected chi connectivity index (χ1v) is 7.18. The van der Waals surface area contributed by atoms with Crippen molar-refractivity contribution in [3.63, 3.8) is 0 Å². The second-order valence-corrected chi connectivity index (χ2v) is 5.58. The Labute approximate surface area is 124 Å². The first-order valence-electron chi connectivity index (χ1n) is 6.01. The van der Waals surface area contributed by atoms with Gasteiger partial charge in [0.2, 0.25) is 5.28 Å². The summed E-state index contributed by atoms with van der Waals surface area (Å²) in [5, 5.41) is 6.88. The molecule has 0 amide bonds. The van der Waals surface area contributed by atoms with Crippen LogP contribution in [0.5, 0.6) is 0 Å². The summed E-state index contributed by atoms with van der Waals surface area (Å²) in [7, 11) is 0. The SMILES string of the molecule is Clc1nc2c(c(Nc3cccc(Br)c3)n1)CCNC2. The van der Waals surface area contributed by atoms with Gasteiger partial charge in [0.05, 0.1) is 5.69 Å². The molecule has 0 spiro atoms. The van der Waals surface area contributed by atoms with Crippen molar-refractivity contribution in [2.45, 2.75) is 13.0 Å². The topological polar surface area (TPSA) is 49.8 Å². The highest BCUT2D eigenvalue weighted by atomic mass is 79.9. The van der Waals surface area contributed by atoms with Crippen molar-refractivity contribution in [2.24, 2.45) is 0 Å². The zero-order chi connectivity index (χ0) is 13.2. The molecule has 2 N–H and O–H groups in total. The molecule has 3 rings (SSSR count). The largest absolute Gasteiger partial charge is 0.340 e. The van der Waals surface area contributed by atoms with Gasteiger partial charge in [0.25, 0.3) is 0 Å². The summed E-state index contributed by atoms with van der Waals surface area (Å²) in [6.07, 6.45) is 0.906. The minimum Gasteiger partial charge on any atom is -0.340 e. The van der Waals surface area contributed by atoms with Crippen molar-refractivity contribution in [3.05, 3.63) is 45.3 Å². The van der Waals surface area contributed by atoms with Crippen LogP contribution in [-0.2, 0) is 13.0 Å². The number of aromatic nitrogens is 2. The van der Waals surface area contributed by atoms with Gasteiger partial charge in [0, 0.05) is 22.3 Å². The van der Waals surface area contributed by atoms with Crippen LogP contribution < -0.4 is 10.6 Å². The molecule has 19 heavy (non-hydrogen) atoms. The normalized spacial score (nSPS) is 14.0. The van der Waals surface area contributed by atoms with Crippen LogP contribution in [0.1, 0.15) is 11.3 Å². The molecule has 2 aromatic rings. The second-order valence-electron chi connectivity index (χ2n) is 4.33. The van der Waals surface area contributed by atoms with E-state index in [9.17, 15) is 0 Å². The molecule has 0 saturated heterocycles. The van der Waals surface area contributed by atoms with Crippen molar-refractivity contribution in [1.82, 2.24) is 15.3 Å². The van der Waals surface area contributed by atoms with Crippen LogP contribution in [-0.4, -0.2) is 16.5 Å². The van der Waals surface area contributed by atoms with Crippen molar-refractivity contribution in [1.29, 1.82) is 0 Å². The van der Waals surface area contributed by atoms with Gasteiger partial charge in [-0.1, -0.05) is 22.0 Å². The average molecular weight is 340 g/mol. The molecule has 0 unspecified atom stereocenters. The third-order valence-corrected chi connectivity index (χ3v) is 3.66. The molecule has 4 nitrogen and oxygen atoms in total. The van der Waals surface area contributed by atoms with E-state index in [0.29, 0.717) is 0 Å². The van der Waals surface area contributed by atoms with Crippen LogP contribution in [0.25, 0.3) is 0 Å². The Morgan fingerprint density at radius 2 is 2.21 bits per heavy atom. The van der Waals surface area contributed by atoms with Gasteiger partial charge in [-0.15, -0.1) is 0 Å². The molecule has 2 heterocycles. The fraction of sp³-hybridized carbons (Fsp3) is 0.231. The Balaban J connectivity index is 1.98. The van der Waals surface area contributed by atoms with Gasteiger partial charge in [0.15, 0.2) is 0 Å². The number of nitrogens with one attached hydrogen (secondary N) is 2. The second kappa shape index (κ2) is 5.45. The van der Waals surface area contributed by atoms with E-state index in [1.807, 2.05) is 24.3 Å². The number of halogens is 2. The third kappa shape index (κ3) is 2.88. The Bertz CT molecular complexity index is 618. The Morgan fingerprint density at radius 3 is 3.05 bits per heavy atom. The van der Waals surface area contributed by atoms with Gasteiger partial charge in [-0.05, 0) is 42.8 Å². The van der Waals surface area contributed by atoms with Crippen LogP contribution in [0.15, 0.2) is 28.7 Å². The molecule has 1 aromatic heterocycles. The van der Waals surface area contributed by atoms with Gasteiger partial charge in [-0.2, -0.15) is 0 Å². The summed E-state index contributed by atoms with van der Waals surface area (Å²) in [4.78, 5) is 8.59. The van der Waals surface area contributed by atoms with Gasteiger partial charge in [-0.3, -0.25) is 0 Å². The van der Waals surface area contributed by atoms with E-state index < -0.39 is 0 Å². The minimum absolute atomic E-state index is 0.278. The number of hydrogen-bond donors (Lipinski definition) is 2. The molecule has 0 saturated carbocycles. The third-order valence-electron chi connectivity index (χ3n) is 3.00. The van der Waals surface area contributed by atoms with E-state index >= 15 is 0 Å². The molecule has 0 fully saturated rings. The van der Waals surface area contributed by atoms with Crippen LogP contribution >= 0.6 is 27.5 Å². The molecule has 1 aliphatic rings. The van der Waals surface area contributed by atoms with E-state index in [1.165, 1.54) is 0 Å². The fourth-order valence-corrected chi connectivity index (χ4v) is 2.72. The van der Waals surface area contributed by atoms with E-state index in [1.54, 1.807) is 0 Å². The van der Waals surface area contributed by atoms with Crippen molar-refractivity contribution in [2.75, 3.05) is 11.9 Å². The average Bonchev–Trinajstić information content (AvgIpc) is 2.38. The van der Waals surface area contributed by atoms with Crippen molar-refractivity contribution in [3.8, 4) is 0 Å². The zero-order valence-electron chi connectivity index (χ0n) is 10.1. The van der Waals surface area contributed by atoms with Gasteiger partial charge in [-0.25, -0.2) is 9.97 Å². The van der Waals surface area contributed by atoms with E-state index in [0.717, 1.165) is 46.7 Å². The molecule has 0 aliphatic carbocycles. The number of rotatable bonds is 2.